The maximum absolute atomic E-state index is 11.1. The van der Waals surface area contributed by atoms with E-state index in [4.69, 9.17) is 5.73 Å². The topological polar surface area (TPSA) is 148 Å². The van der Waals surface area contributed by atoms with Gasteiger partial charge >= 0.3 is 35.6 Å². The molecule has 1 aliphatic rings. The van der Waals surface area contributed by atoms with E-state index in [1.807, 2.05) is 0 Å². The van der Waals surface area contributed by atoms with Crippen molar-refractivity contribution in [1.82, 2.24) is 0 Å². The molecule has 2 rings (SSSR count). The van der Waals surface area contributed by atoms with E-state index < -0.39 is 21.5 Å². The van der Waals surface area contributed by atoms with E-state index in [-0.39, 0.29) is 47.4 Å². The molecular formula is C10H11N4NaO5S. The Bertz CT molecular complexity index is 706. The quantitative estimate of drug-likeness (QED) is 0.347. The Kier molecular flexibility index (Phi) is 5.34. The van der Waals surface area contributed by atoms with Gasteiger partial charge in [0.25, 0.3) is 0 Å². The molecule has 108 valence electrons. The molecule has 0 radical (unpaired) electrons. The number of hydrogen-bond acceptors (Lipinski definition) is 7. The number of azo groups is 1. The van der Waals surface area contributed by atoms with Crippen molar-refractivity contribution in [2.24, 2.45) is 16.0 Å². The largest absolute Gasteiger partial charge is 1.00 e. The van der Waals surface area contributed by atoms with Crippen LogP contribution in [0.3, 0.4) is 0 Å². The summed E-state index contributed by atoms with van der Waals surface area (Å²) in [6.45, 7) is 0. The van der Waals surface area contributed by atoms with E-state index in [1.54, 1.807) is 0 Å². The Balaban J connectivity index is 0.00000220. The van der Waals surface area contributed by atoms with Gasteiger partial charge in [-0.1, -0.05) is 5.11 Å². The van der Waals surface area contributed by atoms with Crippen molar-refractivity contribution in [1.29, 1.82) is 0 Å². The number of phenolic OH excluding ortho intramolecular Hbond substituents is 1. The Morgan fingerprint density at radius 2 is 2.14 bits per heavy atom. The van der Waals surface area contributed by atoms with Crippen LogP contribution in [-0.4, -0.2) is 36.5 Å². The number of amides is 2. The molecule has 9 nitrogen and oxygen atoms in total. The number of aromatic hydroxyl groups is 1. The van der Waals surface area contributed by atoms with Crippen LogP contribution >= 0.6 is 0 Å². The fourth-order valence-electron chi connectivity index (χ4n) is 2.06. The van der Waals surface area contributed by atoms with Crippen LogP contribution in [0.25, 0.3) is 0 Å². The first-order valence-electron chi connectivity index (χ1n) is 5.44. The number of nitrogens with two attached hydrogens (primary N) is 1. The number of fused-ring (bicyclic) bond motifs is 1. The molecule has 0 spiro atoms. The first kappa shape index (κ1) is 17.9. The fourth-order valence-corrected chi connectivity index (χ4v) is 2.94. The van der Waals surface area contributed by atoms with Crippen molar-refractivity contribution in [3.05, 3.63) is 17.7 Å². The van der Waals surface area contributed by atoms with Gasteiger partial charge in [0.1, 0.15) is 26.9 Å². The molecule has 1 aromatic rings. The van der Waals surface area contributed by atoms with Crippen LogP contribution in [0.4, 0.5) is 16.2 Å². The number of carbonyl (C=O) groups excluding carboxylic acids is 1. The Labute approximate surface area is 142 Å². The van der Waals surface area contributed by atoms with Crippen molar-refractivity contribution in [2.75, 3.05) is 11.9 Å². The number of anilines is 1. The van der Waals surface area contributed by atoms with Crippen molar-refractivity contribution in [3.8, 4) is 5.75 Å². The van der Waals surface area contributed by atoms with Gasteiger partial charge in [0.2, 0.25) is 0 Å². The number of benzene rings is 1. The zero-order valence-electron chi connectivity index (χ0n) is 11.3. The van der Waals surface area contributed by atoms with E-state index in [9.17, 15) is 22.9 Å². The third-order valence-corrected chi connectivity index (χ3v) is 4.12. The molecular weight excluding hydrogens is 311 g/mol. The van der Waals surface area contributed by atoms with Crippen molar-refractivity contribution in [2.45, 2.75) is 11.8 Å². The van der Waals surface area contributed by atoms with Crippen LogP contribution in [-0.2, 0) is 16.5 Å². The van der Waals surface area contributed by atoms with E-state index >= 15 is 0 Å². The average Bonchev–Trinajstić information content (AvgIpc) is 2.63. The summed E-state index contributed by atoms with van der Waals surface area (Å²) in [5, 5.41) is 15.0. The minimum atomic E-state index is -4.50. The molecule has 21 heavy (non-hydrogen) atoms. The van der Waals surface area contributed by atoms with Gasteiger partial charge in [-0.3, -0.25) is 0 Å². The van der Waals surface area contributed by atoms with E-state index in [2.05, 4.69) is 10.2 Å². The van der Waals surface area contributed by atoms with Crippen LogP contribution in [0, 0.1) is 0 Å². The van der Waals surface area contributed by atoms with E-state index in [0.29, 0.717) is 11.3 Å². The minimum Gasteiger partial charge on any atom is -0.746 e. The number of phenols is 1. The van der Waals surface area contributed by atoms with Gasteiger partial charge < -0.3 is 20.3 Å². The Hall–Kier alpha value is -1.20. The molecule has 0 fully saturated rings. The summed E-state index contributed by atoms with van der Waals surface area (Å²) in [7, 11) is -3.06. The number of nitrogens with zero attached hydrogens (tertiary/aromatic N) is 3. The smallest absolute Gasteiger partial charge is 0.746 e. The van der Waals surface area contributed by atoms with Crippen molar-refractivity contribution >= 4 is 27.5 Å². The van der Waals surface area contributed by atoms with Gasteiger partial charge in [0.05, 0.1) is 0 Å². The second-order valence-electron chi connectivity index (χ2n) is 4.27. The predicted octanol–water partition coefficient (Wildman–Crippen LogP) is -2.58. The molecule has 0 saturated carbocycles. The van der Waals surface area contributed by atoms with Crippen LogP contribution < -0.4 is 40.2 Å². The monoisotopic (exact) mass is 322 g/mol. The summed E-state index contributed by atoms with van der Waals surface area (Å²) in [6, 6.07) is 1.59. The van der Waals surface area contributed by atoms with Crippen LogP contribution in [0.15, 0.2) is 22.4 Å². The van der Waals surface area contributed by atoms with Gasteiger partial charge in [-0.05, 0) is 11.6 Å². The van der Waals surface area contributed by atoms with Crippen molar-refractivity contribution in [3.63, 3.8) is 0 Å². The number of likely N-dealkylation sites (N-methyl/N-ethyl adjacent to an activating group) is 1. The van der Waals surface area contributed by atoms with Crippen LogP contribution in [0.5, 0.6) is 5.75 Å². The van der Waals surface area contributed by atoms with Crippen LogP contribution in [0.2, 0.25) is 0 Å². The molecule has 0 unspecified atom stereocenters. The van der Waals surface area contributed by atoms with Gasteiger partial charge in [-0.25, -0.2) is 13.2 Å². The van der Waals surface area contributed by atoms with E-state index in [1.165, 1.54) is 24.1 Å². The summed E-state index contributed by atoms with van der Waals surface area (Å²) >= 11 is 0. The van der Waals surface area contributed by atoms with Gasteiger partial charge in [0.15, 0.2) is 0 Å². The number of hydrogen-bond donors (Lipinski definition) is 2. The summed E-state index contributed by atoms with van der Waals surface area (Å²) in [5.41, 5.74) is 5.68. The normalized spacial score (nSPS) is 17.6. The van der Waals surface area contributed by atoms with Crippen LogP contribution in [0.1, 0.15) is 5.56 Å². The number of primary amides is 1. The van der Waals surface area contributed by atoms with Crippen molar-refractivity contribution < 1.29 is 52.4 Å². The molecule has 0 bridgehead atoms. The molecule has 11 heteroatoms. The maximum atomic E-state index is 11.1. The predicted molar refractivity (Wildman–Crippen MR) is 67.8 cm³/mol. The van der Waals surface area contributed by atoms with Gasteiger partial charge in [0, 0.05) is 25.2 Å². The second kappa shape index (κ2) is 6.28. The molecule has 1 heterocycles. The van der Waals surface area contributed by atoms with Gasteiger partial charge in [-0.15, -0.1) is 5.11 Å². The zero-order chi connectivity index (χ0) is 15.1. The van der Waals surface area contributed by atoms with E-state index in [0.717, 1.165) is 0 Å². The summed E-state index contributed by atoms with van der Waals surface area (Å²) in [4.78, 5) is 11.8. The first-order chi connectivity index (χ1) is 9.20. The fraction of sp³-hybridized carbons (Fsp3) is 0.300. The summed E-state index contributed by atoms with van der Waals surface area (Å²) in [5.74, 6) is -0.301. The molecule has 1 atom stereocenters. The van der Waals surface area contributed by atoms with Gasteiger partial charge in [-0.2, -0.15) is 0 Å². The third-order valence-electron chi connectivity index (χ3n) is 2.97. The Morgan fingerprint density at radius 1 is 1.52 bits per heavy atom. The number of urea groups is 1. The molecule has 3 N–H and O–H groups in total. The SMILES string of the molecule is CN1c2cc(O)c(N=NC(N)=O)cc2C[C@@H]1S(=O)(=O)[O-].[Na+]. The standard InChI is InChI=1S/C10H12N4O5S.Na/c1-14-7-4-8(15)6(12-13-10(11)16)2-5(7)3-9(14)20(17,18)19;/h2,4,9,15H,3H2,1H3,(H2,11,16)(H,17,18,19);/q;+1/p-1/t9-;/m0./s1. The molecule has 1 aromatic carbocycles. The molecule has 0 saturated heterocycles. The zero-order valence-corrected chi connectivity index (χ0v) is 14.2. The molecule has 1 aliphatic heterocycles. The number of rotatable bonds is 2. The summed E-state index contributed by atoms with van der Waals surface area (Å²) < 4.78 is 33.4. The third kappa shape index (κ3) is 3.71. The number of carbonyl (C=O) groups is 1. The molecule has 0 aliphatic carbocycles. The Morgan fingerprint density at radius 3 is 2.67 bits per heavy atom. The molecule has 2 amide bonds. The summed E-state index contributed by atoms with van der Waals surface area (Å²) in [6.07, 6.45) is -0.0307. The maximum Gasteiger partial charge on any atom is 1.00 e. The minimum absolute atomic E-state index is 0. The first-order valence-corrected chi connectivity index (χ1v) is 6.92. The average molecular weight is 322 g/mol. The second-order valence-corrected chi connectivity index (χ2v) is 5.80. The molecule has 0 aromatic heterocycles.